The van der Waals surface area contributed by atoms with Crippen LogP contribution in [-0.4, -0.2) is 101 Å². The fraction of sp³-hybridized carbons (Fsp3) is 0.422. The summed E-state index contributed by atoms with van der Waals surface area (Å²) in [4.78, 5) is 32.4. The molecule has 1 amide bonds. The van der Waals surface area contributed by atoms with E-state index < -0.39 is 58.8 Å². The maximum absolute atomic E-state index is 15.7. The van der Waals surface area contributed by atoms with E-state index in [1.54, 1.807) is 44.6 Å². The van der Waals surface area contributed by atoms with Crippen LogP contribution in [0.4, 0.5) is 28.2 Å². The smallest absolute Gasteiger partial charge is 0.418 e. The predicted octanol–water partition coefficient (Wildman–Crippen LogP) is 8.20. The maximum atomic E-state index is 15.7. The summed E-state index contributed by atoms with van der Waals surface area (Å²) in [5.41, 5.74) is 0.151. The van der Waals surface area contributed by atoms with E-state index in [4.69, 9.17) is 35.8 Å². The second-order valence-electron chi connectivity index (χ2n) is 16.8. The molecule has 3 aliphatic rings. The fourth-order valence-electron chi connectivity index (χ4n) is 9.17. The number of ether oxygens (including phenoxy) is 3. The number of hydrogen-bond acceptors (Lipinski definition) is 10. The number of methoxy groups -OCH3 is 2. The Morgan fingerprint density at radius 2 is 1.58 bits per heavy atom. The average molecular weight is 878 g/mol. The molecule has 17 heteroatoms. The summed E-state index contributed by atoms with van der Waals surface area (Å²) in [6.45, 7) is 2.86. The molecule has 5 unspecified atom stereocenters. The number of piperazine rings is 1. The molecule has 328 valence electrons. The maximum Gasteiger partial charge on any atom is 0.418 e. The van der Waals surface area contributed by atoms with Gasteiger partial charge in [-0.1, -0.05) is 36.4 Å². The van der Waals surface area contributed by atoms with Gasteiger partial charge in [0.2, 0.25) is 0 Å². The van der Waals surface area contributed by atoms with Gasteiger partial charge in [-0.3, -0.25) is 4.90 Å². The molecule has 2 aliphatic heterocycles. The van der Waals surface area contributed by atoms with Crippen molar-refractivity contribution < 1.29 is 41.7 Å². The van der Waals surface area contributed by atoms with Crippen LogP contribution in [0.2, 0.25) is 0 Å². The van der Waals surface area contributed by atoms with E-state index in [1.165, 1.54) is 25.1 Å². The molecular weight excluding hydrogens is 830 g/mol. The van der Waals surface area contributed by atoms with Gasteiger partial charge in [0.25, 0.3) is 0 Å². The van der Waals surface area contributed by atoms with Gasteiger partial charge in [-0.15, -0.1) is 11.6 Å². The number of halogens is 5. The highest BCUT2D eigenvalue weighted by Crippen LogP contribution is 2.52. The van der Waals surface area contributed by atoms with Crippen LogP contribution < -0.4 is 24.4 Å². The monoisotopic (exact) mass is 877 g/mol. The van der Waals surface area contributed by atoms with Crippen molar-refractivity contribution in [2.45, 2.75) is 68.5 Å². The Balaban J connectivity index is 1.26. The van der Waals surface area contributed by atoms with Crippen LogP contribution in [0.25, 0.3) is 10.9 Å². The Bertz CT molecular complexity index is 2390. The zero-order valence-corrected chi connectivity index (χ0v) is 35.7. The number of para-hydroxylation sites is 1. The normalized spacial score (nSPS) is 21.6. The highest BCUT2D eigenvalue weighted by molar-refractivity contribution is 6.22. The van der Waals surface area contributed by atoms with Crippen LogP contribution in [0, 0.1) is 18.2 Å². The molecule has 3 aromatic carbocycles. The molecule has 2 N–H and O–H groups in total. The van der Waals surface area contributed by atoms with Crippen LogP contribution in [0.3, 0.4) is 0 Å². The van der Waals surface area contributed by atoms with Crippen LogP contribution in [0.5, 0.6) is 17.5 Å². The number of pyridine rings is 1. The van der Waals surface area contributed by atoms with Gasteiger partial charge in [0, 0.05) is 42.9 Å². The van der Waals surface area contributed by atoms with Crippen LogP contribution in [0.15, 0.2) is 72.8 Å². The van der Waals surface area contributed by atoms with Gasteiger partial charge in [0.1, 0.15) is 28.7 Å². The van der Waals surface area contributed by atoms with Gasteiger partial charge >= 0.3 is 18.3 Å². The number of anilines is 1. The first-order valence-electron chi connectivity index (χ1n) is 20.3. The largest absolute Gasteiger partial charge is 0.497 e. The lowest BCUT2D eigenvalue weighted by Gasteiger charge is -2.40. The minimum atomic E-state index is -4.90. The molecule has 12 nitrogen and oxygen atoms in total. The van der Waals surface area contributed by atoms with Crippen molar-refractivity contribution >= 4 is 34.4 Å². The van der Waals surface area contributed by atoms with Crippen molar-refractivity contribution in [1.82, 2.24) is 30.1 Å². The molecule has 62 heavy (non-hydrogen) atoms. The topological polar surface area (TPSA) is 125 Å². The van der Waals surface area contributed by atoms with Gasteiger partial charge in [-0.2, -0.15) is 23.1 Å². The van der Waals surface area contributed by atoms with Crippen molar-refractivity contribution in [1.29, 1.82) is 0 Å². The minimum Gasteiger partial charge on any atom is -0.497 e. The number of rotatable bonds is 14. The van der Waals surface area contributed by atoms with Gasteiger partial charge < -0.3 is 34.4 Å². The van der Waals surface area contributed by atoms with Gasteiger partial charge in [-0.05, 0) is 86.9 Å². The van der Waals surface area contributed by atoms with Gasteiger partial charge in [-0.25, -0.2) is 14.2 Å². The molecule has 8 rings (SSSR count). The zero-order chi connectivity index (χ0) is 44.1. The van der Waals surface area contributed by atoms with Crippen LogP contribution in [-0.2, 0) is 19.3 Å². The molecule has 5 aromatic rings. The minimum absolute atomic E-state index is 0.0256. The van der Waals surface area contributed by atoms with E-state index in [1.807, 2.05) is 43.3 Å². The van der Waals surface area contributed by atoms with Crippen molar-refractivity contribution in [2.75, 3.05) is 52.9 Å². The molecule has 2 saturated heterocycles. The second kappa shape index (κ2) is 17.0. The molecule has 1 saturated carbocycles. The highest BCUT2D eigenvalue weighted by atomic mass is 35.5. The Morgan fingerprint density at radius 3 is 2.13 bits per heavy atom. The SMILES string of the molecule is COc1ccc(CN(Cc2ccc(OC)cc2)c2cc(C)c(C(F)(F)F)c(C3C(Cl)C4CNC(c5nc(OCC6(CN(C)C)CC6)nc6c(F)cccc56)C3N4C(=O)O)n2)cc1. The Morgan fingerprint density at radius 1 is 0.952 bits per heavy atom. The number of aryl methyl sites for hydroxylation is 1. The number of hydrogen-bond donors (Lipinski definition) is 2. The lowest BCUT2D eigenvalue weighted by Crippen LogP contribution is -2.57. The summed E-state index contributed by atoms with van der Waals surface area (Å²) in [6, 6.07) is 17.0. The number of amides is 1. The fourth-order valence-corrected chi connectivity index (χ4v) is 9.65. The lowest BCUT2D eigenvalue weighted by atomic mass is 9.85. The Kier molecular flexibility index (Phi) is 11.9. The van der Waals surface area contributed by atoms with Gasteiger partial charge in [0.05, 0.1) is 61.3 Å². The van der Waals surface area contributed by atoms with Crippen LogP contribution >= 0.6 is 11.6 Å². The number of alkyl halides is 4. The molecule has 2 aromatic heterocycles. The van der Waals surface area contributed by atoms with E-state index in [9.17, 15) is 9.90 Å². The molecule has 4 heterocycles. The summed E-state index contributed by atoms with van der Waals surface area (Å²) in [6.07, 6.45) is -4.43. The van der Waals surface area contributed by atoms with E-state index in [2.05, 4.69) is 15.2 Å². The molecule has 0 spiro atoms. The van der Waals surface area contributed by atoms with Crippen molar-refractivity contribution in [3.63, 3.8) is 0 Å². The van der Waals surface area contributed by atoms with Gasteiger partial charge in [0.15, 0.2) is 0 Å². The number of benzene rings is 3. The molecule has 2 bridgehead atoms. The van der Waals surface area contributed by atoms with Crippen molar-refractivity contribution in [2.24, 2.45) is 5.41 Å². The number of carbonyl (C=O) groups is 1. The summed E-state index contributed by atoms with van der Waals surface area (Å²) in [7, 11) is 7.05. The third-order valence-corrected chi connectivity index (χ3v) is 12.7. The van der Waals surface area contributed by atoms with E-state index in [-0.39, 0.29) is 65.6 Å². The number of aromatic nitrogens is 3. The number of nitrogens with one attached hydrogen (secondary N) is 1. The van der Waals surface area contributed by atoms with Crippen molar-refractivity contribution in [3.8, 4) is 17.5 Å². The second-order valence-corrected chi connectivity index (χ2v) is 17.3. The highest BCUT2D eigenvalue weighted by Gasteiger charge is 2.59. The first-order valence-corrected chi connectivity index (χ1v) is 20.8. The predicted molar refractivity (Wildman–Crippen MR) is 226 cm³/mol. The molecule has 3 fully saturated rings. The standard InChI is InChI=1S/C45H48ClF4N7O5/c1-25-19-33(56(21-26-9-13-28(60-4)14-10-26)22-27-11-15-29(61-5)16-12-27)52-39(35(25)45(48,49)50)34-36(46)32-20-51-40(41(34)57(32)43(58)59)38-30-7-6-8-31(47)37(30)53-42(54-38)62-24-44(17-18-44)23-55(2)3/h6-16,19,32,34,36,40-41,51H,17-18,20-24H2,1-5H3,(H,58,59). The molecular formula is C45H48ClF4N7O5. The quantitative estimate of drug-likeness (QED) is 0.0829. The Hall–Kier alpha value is -5.45. The zero-order valence-electron chi connectivity index (χ0n) is 34.9. The van der Waals surface area contributed by atoms with E-state index in [0.29, 0.717) is 11.5 Å². The molecule has 0 radical (unpaired) electrons. The first kappa shape index (κ1) is 43.2. The number of fused-ring (bicyclic) bond motifs is 3. The third kappa shape index (κ3) is 8.51. The Labute approximate surface area is 361 Å². The van der Waals surface area contributed by atoms with Crippen molar-refractivity contribution in [3.05, 3.63) is 112 Å². The summed E-state index contributed by atoms with van der Waals surface area (Å²) < 4.78 is 79.0. The third-order valence-electron chi connectivity index (χ3n) is 12.2. The average Bonchev–Trinajstić information content (AvgIpc) is 3.96. The summed E-state index contributed by atoms with van der Waals surface area (Å²) >= 11 is 7.24. The summed E-state index contributed by atoms with van der Waals surface area (Å²) in [5, 5.41) is 13.3. The van der Waals surface area contributed by atoms with E-state index in [0.717, 1.165) is 35.4 Å². The van der Waals surface area contributed by atoms with Crippen LogP contribution in [0.1, 0.15) is 58.4 Å². The number of carboxylic acid groups (broad SMARTS) is 1. The number of nitrogens with zero attached hydrogens (tertiary/aromatic N) is 6. The molecule has 1 aliphatic carbocycles. The molecule has 5 atom stereocenters. The first-order chi connectivity index (χ1) is 29.6. The lowest BCUT2D eigenvalue weighted by molar-refractivity contribution is -0.139. The summed E-state index contributed by atoms with van der Waals surface area (Å²) in [5.74, 6) is -0.463. The van der Waals surface area contributed by atoms with E-state index >= 15 is 17.6 Å².